The number of hydrogen-bond donors (Lipinski definition) is 2. The first-order valence-electron chi connectivity index (χ1n) is 5.74. The number of aliphatic hydroxyl groups excluding tert-OH is 1. The molecule has 2 N–H and O–H groups in total. The molecule has 0 aromatic rings. The van der Waals surface area contributed by atoms with Crippen LogP contribution in [0, 0.1) is 0 Å². The number of carbonyl (C=O) groups is 6. The fourth-order valence-electron chi connectivity index (χ4n) is 1.05. The largest absolute Gasteiger partial charge is 0.481 e. The van der Waals surface area contributed by atoms with E-state index in [1.54, 1.807) is 0 Å². The second kappa shape index (κ2) is 12.1. The molecule has 124 valence electrons. The van der Waals surface area contributed by atoms with E-state index in [1.807, 2.05) is 0 Å². The van der Waals surface area contributed by atoms with E-state index in [0.29, 0.717) is 0 Å². The number of rotatable bonds is 4. The van der Waals surface area contributed by atoms with Crippen molar-refractivity contribution in [3.05, 3.63) is 0 Å². The van der Waals surface area contributed by atoms with Crippen molar-refractivity contribution in [1.82, 2.24) is 0 Å². The van der Waals surface area contributed by atoms with Crippen molar-refractivity contribution in [3.63, 3.8) is 0 Å². The number of methoxy groups -OCH3 is 1. The van der Waals surface area contributed by atoms with E-state index < -0.39 is 42.5 Å². The summed E-state index contributed by atoms with van der Waals surface area (Å²) >= 11 is 0. The van der Waals surface area contributed by atoms with Crippen LogP contribution in [0.15, 0.2) is 0 Å². The van der Waals surface area contributed by atoms with Gasteiger partial charge >= 0.3 is 23.9 Å². The zero-order valence-corrected chi connectivity index (χ0v) is 12.0. The van der Waals surface area contributed by atoms with Crippen LogP contribution >= 0.6 is 0 Å². The van der Waals surface area contributed by atoms with Gasteiger partial charge in [0.15, 0.2) is 11.6 Å². The predicted molar refractivity (Wildman–Crippen MR) is 67.4 cm³/mol. The van der Waals surface area contributed by atoms with Gasteiger partial charge in [-0.2, -0.15) is 0 Å². The van der Waals surface area contributed by atoms with E-state index in [4.69, 9.17) is 10.2 Å². The van der Waals surface area contributed by atoms with Crippen LogP contribution in [0.1, 0.15) is 25.7 Å². The van der Waals surface area contributed by atoms with Gasteiger partial charge < -0.3 is 19.7 Å². The van der Waals surface area contributed by atoms with Gasteiger partial charge in [0.25, 0.3) is 0 Å². The van der Waals surface area contributed by atoms with Gasteiger partial charge in [-0.25, -0.2) is 0 Å². The predicted octanol–water partition coefficient (Wildman–Crippen LogP) is -1.38. The van der Waals surface area contributed by atoms with Crippen molar-refractivity contribution >= 4 is 35.4 Å². The first kappa shape index (κ1) is 21.7. The number of carboxylic acid groups (broad SMARTS) is 1. The molecule has 0 aromatic heterocycles. The number of hydrogen-bond acceptors (Lipinski definition) is 9. The highest BCUT2D eigenvalue weighted by Gasteiger charge is 2.23. The minimum absolute atomic E-state index is 0.258. The van der Waals surface area contributed by atoms with E-state index in [0.717, 1.165) is 14.2 Å². The molecule has 0 amide bonds. The molecule has 0 radical (unpaired) electrons. The highest BCUT2D eigenvalue weighted by molar-refractivity contribution is 6.11. The van der Waals surface area contributed by atoms with E-state index in [-0.39, 0.29) is 18.6 Å². The van der Waals surface area contributed by atoms with Crippen LogP contribution in [0.2, 0.25) is 0 Å². The van der Waals surface area contributed by atoms with Crippen molar-refractivity contribution in [2.75, 3.05) is 14.2 Å². The lowest BCUT2D eigenvalue weighted by Gasteiger charge is -2.05. The summed E-state index contributed by atoms with van der Waals surface area (Å²) in [6, 6.07) is 0. The molecule has 10 nitrogen and oxygen atoms in total. The maximum atomic E-state index is 10.5. The van der Waals surface area contributed by atoms with Gasteiger partial charge in [-0.1, -0.05) is 0 Å². The lowest BCUT2D eigenvalue weighted by atomic mass is 10.2. The van der Waals surface area contributed by atoms with Crippen molar-refractivity contribution in [2.24, 2.45) is 0 Å². The normalized spacial score (nSPS) is 12.8. The van der Waals surface area contributed by atoms with E-state index >= 15 is 0 Å². The number of aliphatic hydroxyl groups is 1. The third-order valence-electron chi connectivity index (χ3n) is 1.83. The molecule has 1 rings (SSSR count). The molecule has 1 aliphatic rings. The number of Topliss-reactive ketones (excluding diaryl/α,β-unsaturated/α-hetero) is 2. The molecule has 1 heterocycles. The lowest BCUT2D eigenvalue weighted by molar-refractivity contribution is -0.165. The first-order chi connectivity index (χ1) is 10.2. The number of cyclic esters (lactones) is 2. The quantitative estimate of drug-likeness (QED) is 0.466. The molecule has 0 aromatic carbocycles. The van der Waals surface area contributed by atoms with Gasteiger partial charge in [0.1, 0.15) is 25.7 Å². The van der Waals surface area contributed by atoms with Gasteiger partial charge in [-0.3, -0.25) is 28.8 Å². The van der Waals surface area contributed by atoms with Gasteiger partial charge in [-0.15, -0.1) is 0 Å². The lowest BCUT2D eigenvalue weighted by Crippen LogP contribution is -2.24. The zero-order valence-electron chi connectivity index (χ0n) is 12.0. The molecule has 1 aliphatic heterocycles. The highest BCUT2D eigenvalue weighted by Crippen LogP contribution is 2.02. The Morgan fingerprint density at radius 1 is 1.05 bits per heavy atom. The molecule has 0 atom stereocenters. The summed E-state index contributed by atoms with van der Waals surface area (Å²) in [6.45, 7) is 0. The van der Waals surface area contributed by atoms with Gasteiger partial charge in [0.2, 0.25) is 0 Å². The molecule has 0 unspecified atom stereocenters. The van der Waals surface area contributed by atoms with Crippen LogP contribution in [-0.4, -0.2) is 59.9 Å². The van der Waals surface area contributed by atoms with Crippen molar-refractivity contribution in [3.8, 4) is 0 Å². The molecule has 1 fully saturated rings. The Balaban J connectivity index is 0. The SMILES string of the molecule is CO.COC(=O)CC(=O)CC(=O)O.O=C1CC(=O)OC(=O)C1. The van der Waals surface area contributed by atoms with E-state index in [2.05, 4.69) is 9.47 Å². The summed E-state index contributed by atoms with van der Waals surface area (Å²) in [5.41, 5.74) is 0. The van der Waals surface area contributed by atoms with Crippen LogP contribution in [0.4, 0.5) is 0 Å². The standard InChI is InChI=1S/C6H8O5.C5H4O4.CH4O/c1-11-6(10)3-4(7)2-5(8)9;6-3-1-4(7)9-5(8)2-3;1-2/h2-3H2,1H3,(H,8,9);1-2H2;2H,1H3. The van der Waals surface area contributed by atoms with Crippen LogP contribution in [0.25, 0.3) is 0 Å². The average molecular weight is 320 g/mol. The molecule has 1 saturated heterocycles. The number of esters is 3. The minimum atomic E-state index is -1.24. The highest BCUT2D eigenvalue weighted by atomic mass is 16.6. The first-order valence-corrected chi connectivity index (χ1v) is 5.74. The fraction of sp³-hybridized carbons (Fsp3) is 0.500. The molecule has 0 bridgehead atoms. The van der Waals surface area contributed by atoms with Crippen LogP contribution in [-0.2, 0) is 38.2 Å². The number of carbonyl (C=O) groups excluding carboxylic acids is 5. The molecule has 22 heavy (non-hydrogen) atoms. The van der Waals surface area contributed by atoms with Crippen LogP contribution < -0.4 is 0 Å². The monoisotopic (exact) mass is 320 g/mol. The Morgan fingerprint density at radius 2 is 1.50 bits per heavy atom. The summed E-state index contributed by atoms with van der Waals surface area (Å²) in [6.07, 6.45) is -1.62. The topological polar surface area (TPSA) is 161 Å². The Kier molecular flexibility index (Phi) is 12.0. The van der Waals surface area contributed by atoms with Gasteiger partial charge in [0, 0.05) is 7.11 Å². The summed E-state index contributed by atoms with van der Waals surface area (Å²) in [5, 5.41) is 15.1. The molecular formula is C12H16O10. The Hall–Kier alpha value is -2.62. The maximum absolute atomic E-state index is 10.5. The zero-order chi connectivity index (χ0) is 17.7. The van der Waals surface area contributed by atoms with Crippen molar-refractivity contribution in [2.45, 2.75) is 25.7 Å². The fourth-order valence-corrected chi connectivity index (χ4v) is 1.05. The van der Waals surface area contributed by atoms with Crippen LogP contribution in [0.3, 0.4) is 0 Å². The molecule has 0 aliphatic carbocycles. The Bertz CT molecular complexity index is 406. The molecule has 0 saturated carbocycles. The van der Waals surface area contributed by atoms with Gasteiger partial charge in [0.05, 0.1) is 7.11 Å². The Labute approximate surface area is 125 Å². The number of ketones is 2. The minimum Gasteiger partial charge on any atom is -0.481 e. The smallest absolute Gasteiger partial charge is 0.320 e. The summed E-state index contributed by atoms with van der Waals surface area (Å²) in [5.74, 6) is -4.44. The van der Waals surface area contributed by atoms with Crippen LogP contribution in [0.5, 0.6) is 0 Å². The second-order valence-electron chi connectivity index (χ2n) is 3.60. The summed E-state index contributed by atoms with van der Waals surface area (Å²) < 4.78 is 8.21. The third kappa shape index (κ3) is 12.4. The van der Waals surface area contributed by atoms with Crippen molar-refractivity contribution in [1.29, 1.82) is 0 Å². The number of aliphatic carboxylic acids is 1. The summed E-state index contributed by atoms with van der Waals surface area (Å²) in [7, 11) is 2.14. The second-order valence-corrected chi connectivity index (χ2v) is 3.60. The van der Waals surface area contributed by atoms with E-state index in [1.165, 1.54) is 0 Å². The number of ether oxygens (including phenoxy) is 2. The van der Waals surface area contributed by atoms with Crippen molar-refractivity contribution < 1.29 is 48.5 Å². The van der Waals surface area contributed by atoms with E-state index in [9.17, 15) is 28.8 Å². The molecular weight excluding hydrogens is 304 g/mol. The summed E-state index contributed by atoms with van der Waals surface area (Å²) in [4.78, 5) is 61.6. The molecule has 0 spiro atoms. The molecule has 10 heteroatoms. The maximum Gasteiger partial charge on any atom is 0.320 e. The average Bonchev–Trinajstić information content (AvgIpc) is 2.38. The van der Waals surface area contributed by atoms with Gasteiger partial charge in [-0.05, 0) is 0 Å². The third-order valence-corrected chi connectivity index (χ3v) is 1.83. The number of carboxylic acids is 1. The Morgan fingerprint density at radius 3 is 1.82 bits per heavy atom.